The second kappa shape index (κ2) is 6.87. The van der Waals surface area contributed by atoms with E-state index in [0.717, 1.165) is 11.1 Å². The first kappa shape index (κ1) is 18.4. The number of para-hydroxylation sites is 2. The summed E-state index contributed by atoms with van der Waals surface area (Å²) in [6, 6.07) is 14.4. The normalized spacial score (nSPS) is 12.0. The molecule has 2 aromatic heterocycles. The SMILES string of the molecule is CCCN(c1nc2ccccc2n2c(C)nnc12)S(=O)(=O)c1ccc(C)cc1. The van der Waals surface area contributed by atoms with E-state index in [1.54, 1.807) is 24.3 Å². The van der Waals surface area contributed by atoms with Gasteiger partial charge in [0, 0.05) is 6.54 Å². The number of sulfonamides is 1. The lowest BCUT2D eigenvalue weighted by Gasteiger charge is -2.23. The Bertz CT molecular complexity index is 1260. The Morgan fingerprint density at radius 2 is 1.71 bits per heavy atom. The monoisotopic (exact) mass is 395 g/mol. The number of benzene rings is 2. The number of anilines is 1. The largest absolute Gasteiger partial charge is 0.274 e. The summed E-state index contributed by atoms with van der Waals surface area (Å²) in [7, 11) is -3.79. The second-order valence-electron chi connectivity index (χ2n) is 6.72. The van der Waals surface area contributed by atoms with E-state index in [9.17, 15) is 8.42 Å². The van der Waals surface area contributed by atoms with Crippen LogP contribution in [-0.4, -0.2) is 34.5 Å². The molecule has 28 heavy (non-hydrogen) atoms. The maximum atomic E-state index is 13.4. The summed E-state index contributed by atoms with van der Waals surface area (Å²) >= 11 is 0. The smallest absolute Gasteiger partial charge is 0.265 e. The van der Waals surface area contributed by atoms with E-state index < -0.39 is 10.0 Å². The minimum Gasteiger partial charge on any atom is -0.274 e. The molecule has 0 radical (unpaired) electrons. The highest BCUT2D eigenvalue weighted by atomic mass is 32.2. The van der Waals surface area contributed by atoms with E-state index in [-0.39, 0.29) is 4.90 Å². The molecule has 4 aromatic rings. The molecule has 0 fully saturated rings. The summed E-state index contributed by atoms with van der Waals surface area (Å²) in [6.45, 7) is 6.00. The summed E-state index contributed by atoms with van der Waals surface area (Å²) in [5.74, 6) is 0.973. The summed E-state index contributed by atoms with van der Waals surface area (Å²) < 4.78 is 30.1. The molecular weight excluding hydrogens is 374 g/mol. The molecule has 0 aliphatic carbocycles. The van der Waals surface area contributed by atoms with Gasteiger partial charge in [0.15, 0.2) is 5.82 Å². The van der Waals surface area contributed by atoms with Crippen LogP contribution in [0.2, 0.25) is 0 Å². The number of nitrogens with zero attached hydrogens (tertiary/aromatic N) is 5. The van der Waals surface area contributed by atoms with E-state index in [1.807, 2.05) is 49.4 Å². The first-order chi connectivity index (χ1) is 13.4. The number of hydrogen-bond acceptors (Lipinski definition) is 5. The van der Waals surface area contributed by atoms with Gasteiger partial charge in [0.05, 0.1) is 15.9 Å². The number of aryl methyl sites for hydroxylation is 2. The highest BCUT2D eigenvalue weighted by Crippen LogP contribution is 2.29. The molecule has 0 N–H and O–H groups in total. The first-order valence-electron chi connectivity index (χ1n) is 9.13. The Balaban J connectivity index is 2.00. The zero-order valence-electron chi connectivity index (χ0n) is 16.0. The lowest BCUT2D eigenvalue weighted by Crippen LogP contribution is -2.33. The maximum Gasteiger partial charge on any atom is 0.265 e. The van der Waals surface area contributed by atoms with Crippen molar-refractivity contribution < 1.29 is 8.42 Å². The van der Waals surface area contributed by atoms with Crippen molar-refractivity contribution in [2.24, 2.45) is 0 Å². The van der Waals surface area contributed by atoms with Crippen molar-refractivity contribution >= 4 is 32.5 Å². The van der Waals surface area contributed by atoms with Crippen LogP contribution in [0.1, 0.15) is 24.7 Å². The molecule has 0 aliphatic heterocycles. The third kappa shape index (κ3) is 2.90. The van der Waals surface area contributed by atoms with Crippen molar-refractivity contribution in [3.63, 3.8) is 0 Å². The average Bonchev–Trinajstić information content (AvgIpc) is 3.08. The molecular formula is C20H21N5O2S. The lowest BCUT2D eigenvalue weighted by molar-refractivity contribution is 0.589. The van der Waals surface area contributed by atoms with Gasteiger partial charge in [-0.3, -0.25) is 4.40 Å². The molecule has 0 spiro atoms. The standard InChI is InChI=1S/C20H21N5O2S/c1-4-13-24(28(26,27)16-11-9-14(2)10-12-16)19-20-23-22-15(3)25(20)18-8-6-5-7-17(18)21-19/h5-12H,4,13H2,1-3H3. The predicted octanol–water partition coefficient (Wildman–Crippen LogP) is 3.50. The van der Waals surface area contributed by atoms with Crippen LogP contribution in [-0.2, 0) is 10.0 Å². The Labute approximate surface area is 163 Å². The number of rotatable bonds is 5. The van der Waals surface area contributed by atoms with Gasteiger partial charge in [0.25, 0.3) is 10.0 Å². The molecule has 144 valence electrons. The van der Waals surface area contributed by atoms with E-state index in [2.05, 4.69) is 15.2 Å². The second-order valence-corrected chi connectivity index (χ2v) is 8.58. The highest BCUT2D eigenvalue weighted by molar-refractivity contribution is 7.92. The van der Waals surface area contributed by atoms with Crippen LogP contribution in [0.25, 0.3) is 16.7 Å². The summed E-state index contributed by atoms with van der Waals surface area (Å²) in [4.78, 5) is 4.90. The van der Waals surface area contributed by atoms with Gasteiger partial charge in [-0.2, -0.15) is 0 Å². The van der Waals surface area contributed by atoms with Gasteiger partial charge in [-0.15, -0.1) is 10.2 Å². The number of aromatic nitrogens is 4. The fourth-order valence-corrected chi connectivity index (χ4v) is 4.76. The van der Waals surface area contributed by atoms with Crippen molar-refractivity contribution in [2.45, 2.75) is 32.1 Å². The van der Waals surface area contributed by atoms with Crippen molar-refractivity contribution in [1.82, 2.24) is 19.6 Å². The fourth-order valence-electron chi connectivity index (χ4n) is 3.26. The Morgan fingerprint density at radius 3 is 2.43 bits per heavy atom. The first-order valence-corrected chi connectivity index (χ1v) is 10.6. The summed E-state index contributed by atoms with van der Waals surface area (Å²) in [5.41, 5.74) is 2.96. The van der Waals surface area contributed by atoms with E-state index in [0.29, 0.717) is 35.8 Å². The highest BCUT2D eigenvalue weighted by Gasteiger charge is 2.29. The van der Waals surface area contributed by atoms with Gasteiger partial charge >= 0.3 is 0 Å². The fraction of sp³-hybridized carbons (Fsp3) is 0.250. The van der Waals surface area contributed by atoms with Crippen LogP contribution in [0.3, 0.4) is 0 Å². The molecule has 4 rings (SSSR count). The van der Waals surface area contributed by atoms with Crippen LogP contribution in [0.15, 0.2) is 53.4 Å². The molecule has 0 saturated carbocycles. The molecule has 7 nitrogen and oxygen atoms in total. The van der Waals surface area contributed by atoms with Gasteiger partial charge in [-0.25, -0.2) is 17.7 Å². The average molecular weight is 395 g/mol. The molecule has 0 amide bonds. The third-order valence-electron chi connectivity index (χ3n) is 4.65. The van der Waals surface area contributed by atoms with Crippen LogP contribution >= 0.6 is 0 Å². The molecule has 8 heteroatoms. The van der Waals surface area contributed by atoms with Crippen LogP contribution < -0.4 is 4.31 Å². The molecule has 0 unspecified atom stereocenters. The Morgan fingerprint density at radius 1 is 1.00 bits per heavy atom. The van der Waals surface area contributed by atoms with E-state index in [4.69, 9.17) is 0 Å². The van der Waals surface area contributed by atoms with Gasteiger partial charge < -0.3 is 0 Å². The Kier molecular flexibility index (Phi) is 4.50. The summed E-state index contributed by atoms with van der Waals surface area (Å²) in [6.07, 6.45) is 0.638. The molecule has 0 bridgehead atoms. The molecule has 0 aliphatic rings. The van der Waals surface area contributed by atoms with Crippen molar-refractivity contribution in [2.75, 3.05) is 10.8 Å². The van der Waals surface area contributed by atoms with Crippen LogP contribution in [0.4, 0.5) is 5.82 Å². The van der Waals surface area contributed by atoms with Gasteiger partial charge in [-0.1, -0.05) is 36.8 Å². The van der Waals surface area contributed by atoms with Crippen molar-refractivity contribution in [3.8, 4) is 0 Å². The Hall–Kier alpha value is -3.00. The van der Waals surface area contributed by atoms with E-state index in [1.165, 1.54) is 4.31 Å². The lowest BCUT2D eigenvalue weighted by atomic mass is 10.2. The quantitative estimate of drug-likeness (QED) is 0.517. The maximum absolute atomic E-state index is 13.4. The summed E-state index contributed by atoms with van der Waals surface area (Å²) in [5, 5.41) is 8.40. The minimum absolute atomic E-state index is 0.232. The minimum atomic E-state index is -3.79. The topological polar surface area (TPSA) is 80.5 Å². The molecule has 0 saturated heterocycles. The number of fused-ring (bicyclic) bond motifs is 3. The number of hydrogen-bond donors (Lipinski definition) is 0. The van der Waals surface area contributed by atoms with Gasteiger partial charge in [-0.05, 0) is 44.5 Å². The van der Waals surface area contributed by atoms with Crippen molar-refractivity contribution in [1.29, 1.82) is 0 Å². The zero-order chi connectivity index (χ0) is 19.9. The van der Waals surface area contributed by atoms with Crippen molar-refractivity contribution in [3.05, 3.63) is 59.9 Å². The van der Waals surface area contributed by atoms with Gasteiger partial charge in [0.1, 0.15) is 5.82 Å². The molecule has 0 atom stereocenters. The van der Waals surface area contributed by atoms with Crippen LogP contribution in [0, 0.1) is 13.8 Å². The van der Waals surface area contributed by atoms with Crippen LogP contribution in [0.5, 0.6) is 0 Å². The third-order valence-corrected chi connectivity index (χ3v) is 6.45. The predicted molar refractivity (Wildman–Crippen MR) is 109 cm³/mol. The van der Waals surface area contributed by atoms with E-state index >= 15 is 0 Å². The van der Waals surface area contributed by atoms with Gasteiger partial charge in [0.2, 0.25) is 5.65 Å². The molecule has 2 heterocycles. The zero-order valence-corrected chi connectivity index (χ0v) is 16.8. The molecule has 2 aromatic carbocycles.